The molecule has 0 saturated heterocycles. The Balaban J connectivity index is 2.39. The topological polar surface area (TPSA) is 78.9 Å². The Bertz CT molecular complexity index is 502. The van der Waals surface area contributed by atoms with Crippen molar-refractivity contribution in [3.8, 4) is 5.75 Å². The van der Waals surface area contributed by atoms with Gasteiger partial charge in [0.25, 0.3) is 0 Å². The number of hydrogen-bond acceptors (Lipinski definition) is 3. The Morgan fingerprint density at radius 3 is 2.71 bits per heavy atom. The number of ether oxygens (including phenoxy) is 1. The first-order valence-electron chi connectivity index (χ1n) is 6.78. The van der Waals surface area contributed by atoms with Crippen molar-refractivity contribution in [2.75, 3.05) is 27.2 Å². The molecular formula is C15H22N2O4. The molecule has 1 aromatic rings. The van der Waals surface area contributed by atoms with Crippen LogP contribution < -0.4 is 10.1 Å². The highest BCUT2D eigenvalue weighted by molar-refractivity contribution is 5.75. The van der Waals surface area contributed by atoms with Crippen LogP contribution in [0.25, 0.3) is 0 Å². The van der Waals surface area contributed by atoms with E-state index in [0.717, 1.165) is 16.9 Å². The second-order valence-electron chi connectivity index (χ2n) is 4.85. The summed E-state index contributed by atoms with van der Waals surface area (Å²) in [5, 5.41) is 11.3. The number of nitrogens with zero attached hydrogens (tertiary/aromatic N) is 1. The van der Waals surface area contributed by atoms with Crippen LogP contribution in [0.1, 0.15) is 17.5 Å². The van der Waals surface area contributed by atoms with E-state index in [2.05, 4.69) is 5.32 Å². The molecular weight excluding hydrogens is 272 g/mol. The van der Waals surface area contributed by atoms with Gasteiger partial charge in [-0.2, -0.15) is 0 Å². The average Bonchev–Trinajstić information content (AvgIpc) is 2.46. The lowest BCUT2D eigenvalue weighted by Crippen LogP contribution is -2.39. The maximum Gasteiger partial charge on any atom is 0.317 e. The van der Waals surface area contributed by atoms with Gasteiger partial charge in [0.1, 0.15) is 5.75 Å². The number of urea groups is 1. The van der Waals surface area contributed by atoms with Gasteiger partial charge < -0.3 is 20.1 Å². The van der Waals surface area contributed by atoms with Crippen molar-refractivity contribution in [1.82, 2.24) is 10.2 Å². The molecule has 0 bridgehead atoms. The summed E-state index contributed by atoms with van der Waals surface area (Å²) in [5.74, 6) is -0.0844. The van der Waals surface area contributed by atoms with Gasteiger partial charge in [-0.1, -0.05) is 12.1 Å². The summed E-state index contributed by atoms with van der Waals surface area (Å²) in [5.41, 5.74) is 2.14. The van der Waals surface area contributed by atoms with Crippen LogP contribution in [0.4, 0.5) is 4.79 Å². The number of hydrogen-bond donors (Lipinski definition) is 2. The van der Waals surface area contributed by atoms with E-state index in [4.69, 9.17) is 9.84 Å². The van der Waals surface area contributed by atoms with Crippen molar-refractivity contribution in [3.05, 3.63) is 29.3 Å². The molecule has 0 saturated carbocycles. The largest absolute Gasteiger partial charge is 0.496 e. The molecule has 0 unspecified atom stereocenters. The van der Waals surface area contributed by atoms with Crippen molar-refractivity contribution in [3.63, 3.8) is 0 Å². The maximum absolute atomic E-state index is 11.7. The van der Waals surface area contributed by atoms with Crippen LogP contribution in [-0.2, 0) is 11.2 Å². The number of carboxylic acid groups (broad SMARTS) is 1. The molecule has 6 nitrogen and oxygen atoms in total. The Morgan fingerprint density at radius 1 is 1.38 bits per heavy atom. The molecule has 116 valence electrons. The lowest BCUT2D eigenvalue weighted by atomic mass is 10.1. The molecule has 0 fully saturated rings. The van der Waals surface area contributed by atoms with Gasteiger partial charge in [-0.25, -0.2) is 4.79 Å². The molecule has 0 heterocycles. The number of carbonyl (C=O) groups excluding carboxylic acids is 1. The molecule has 0 atom stereocenters. The Hall–Kier alpha value is -2.24. The van der Waals surface area contributed by atoms with Crippen molar-refractivity contribution < 1.29 is 19.4 Å². The van der Waals surface area contributed by atoms with Crippen LogP contribution in [0, 0.1) is 6.92 Å². The zero-order valence-electron chi connectivity index (χ0n) is 12.7. The summed E-state index contributed by atoms with van der Waals surface area (Å²) in [7, 11) is 3.21. The molecule has 0 aromatic heterocycles. The number of carbonyl (C=O) groups is 2. The van der Waals surface area contributed by atoms with Gasteiger partial charge >= 0.3 is 12.0 Å². The van der Waals surface area contributed by atoms with E-state index in [0.29, 0.717) is 13.0 Å². The lowest BCUT2D eigenvalue weighted by molar-refractivity contribution is -0.137. The van der Waals surface area contributed by atoms with Crippen molar-refractivity contribution in [2.45, 2.75) is 19.8 Å². The number of benzene rings is 1. The third-order valence-corrected chi connectivity index (χ3v) is 3.17. The van der Waals surface area contributed by atoms with Gasteiger partial charge in [0.2, 0.25) is 0 Å². The number of aliphatic carboxylic acids is 1. The van der Waals surface area contributed by atoms with Gasteiger partial charge in [-0.3, -0.25) is 4.79 Å². The van der Waals surface area contributed by atoms with E-state index in [1.165, 1.54) is 4.90 Å². The Kier molecular flexibility index (Phi) is 6.52. The molecule has 6 heteroatoms. The number of amides is 2. The highest BCUT2D eigenvalue weighted by Gasteiger charge is 2.09. The molecule has 2 amide bonds. The highest BCUT2D eigenvalue weighted by Crippen LogP contribution is 2.18. The zero-order chi connectivity index (χ0) is 15.8. The zero-order valence-corrected chi connectivity index (χ0v) is 12.7. The summed E-state index contributed by atoms with van der Waals surface area (Å²) in [6.45, 7) is 2.66. The van der Waals surface area contributed by atoms with E-state index >= 15 is 0 Å². The first-order chi connectivity index (χ1) is 9.93. The molecule has 0 aliphatic heterocycles. The summed E-state index contributed by atoms with van der Waals surface area (Å²) >= 11 is 0. The van der Waals surface area contributed by atoms with Crippen molar-refractivity contribution in [1.29, 1.82) is 0 Å². The highest BCUT2D eigenvalue weighted by atomic mass is 16.5. The van der Waals surface area contributed by atoms with Crippen LogP contribution in [-0.4, -0.2) is 49.3 Å². The first kappa shape index (κ1) is 16.8. The second-order valence-corrected chi connectivity index (χ2v) is 4.85. The van der Waals surface area contributed by atoms with E-state index in [1.54, 1.807) is 14.2 Å². The third kappa shape index (κ3) is 5.72. The fourth-order valence-electron chi connectivity index (χ4n) is 1.83. The minimum absolute atomic E-state index is 0.0565. The van der Waals surface area contributed by atoms with Crippen LogP contribution in [0.15, 0.2) is 18.2 Å². The number of methoxy groups -OCH3 is 1. The average molecular weight is 294 g/mol. The molecule has 0 aliphatic rings. The molecule has 2 N–H and O–H groups in total. The summed E-state index contributed by atoms with van der Waals surface area (Å²) in [6.07, 6.45) is 0.633. The monoisotopic (exact) mass is 294 g/mol. The molecule has 1 rings (SSSR count). The smallest absolute Gasteiger partial charge is 0.317 e. The molecule has 0 radical (unpaired) electrons. The fourth-order valence-corrected chi connectivity index (χ4v) is 1.83. The SMILES string of the molecule is COc1cc(CCNC(=O)N(C)CCC(=O)O)ccc1C. The fraction of sp³-hybridized carbons (Fsp3) is 0.467. The first-order valence-corrected chi connectivity index (χ1v) is 6.78. The normalized spacial score (nSPS) is 10.0. The summed E-state index contributed by atoms with van der Waals surface area (Å²) < 4.78 is 5.25. The van der Waals surface area contributed by atoms with Gasteiger partial charge in [0, 0.05) is 20.1 Å². The number of nitrogens with one attached hydrogen (secondary N) is 1. The minimum atomic E-state index is -0.915. The van der Waals surface area contributed by atoms with Crippen LogP contribution in [0.5, 0.6) is 5.75 Å². The van der Waals surface area contributed by atoms with E-state index < -0.39 is 5.97 Å². The van der Waals surface area contributed by atoms with E-state index in [-0.39, 0.29) is 19.0 Å². The third-order valence-electron chi connectivity index (χ3n) is 3.17. The van der Waals surface area contributed by atoms with Crippen LogP contribution in [0.3, 0.4) is 0 Å². The van der Waals surface area contributed by atoms with Crippen LogP contribution >= 0.6 is 0 Å². The predicted molar refractivity (Wildman–Crippen MR) is 79.7 cm³/mol. The molecule has 0 aliphatic carbocycles. The van der Waals surface area contributed by atoms with Gasteiger partial charge in [-0.05, 0) is 30.5 Å². The molecule has 21 heavy (non-hydrogen) atoms. The van der Waals surface area contributed by atoms with E-state index in [9.17, 15) is 9.59 Å². The Labute approximate surface area is 124 Å². The number of carboxylic acids is 1. The van der Waals surface area contributed by atoms with Gasteiger partial charge in [-0.15, -0.1) is 0 Å². The molecule has 0 spiro atoms. The van der Waals surface area contributed by atoms with Crippen molar-refractivity contribution in [2.24, 2.45) is 0 Å². The predicted octanol–water partition coefficient (Wildman–Crippen LogP) is 1.66. The van der Waals surface area contributed by atoms with Gasteiger partial charge in [0.15, 0.2) is 0 Å². The summed E-state index contributed by atoms with van der Waals surface area (Å²) in [6, 6.07) is 5.67. The summed E-state index contributed by atoms with van der Waals surface area (Å²) in [4.78, 5) is 23.5. The number of rotatable bonds is 7. The number of aryl methyl sites for hydroxylation is 1. The quantitative estimate of drug-likeness (QED) is 0.801. The maximum atomic E-state index is 11.7. The molecule has 1 aromatic carbocycles. The van der Waals surface area contributed by atoms with Crippen LogP contribution in [0.2, 0.25) is 0 Å². The lowest BCUT2D eigenvalue weighted by Gasteiger charge is -2.17. The Morgan fingerprint density at radius 2 is 2.10 bits per heavy atom. The van der Waals surface area contributed by atoms with Crippen molar-refractivity contribution >= 4 is 12.0 Å². The second kappa shape index (κ2) is 8.14. The van der Waals surface area contributed by atoms with E-state index in [1.807, 2.05) is 25.1 Å². The van der Waals surface area contributed by atoms with Gasteiger partial charge in [0.05, 0.1) is 13.5 Å². The minimum Gasteiger partial charge on any atom is -0.496 e. The standard InChI is InChI=1S/C15H22N2O4/c1-11-4-5-12(10-13(11)21-3)6-8-16-15(20)17(2)9-7-14(18)19/h4-5,10H,6-9H2,1-3H3,(H,16,20)(H,18,19).